The summed E-state index contributed by atoms with van der Waals surface area (Å²) >= 11 is 0. The van der Waals surface area contributed by atoms with E-state index in [1.54, 1.807) is 0 Å². The van der Waals surface area contributed by atoms with Crippen molar-refractivity contribution < 1.29 is 44.8 Å². The first kappa shape index (κ1) is 16.0. The Hall–Kier alpha value is -0.360. The van der Waals surface area contributed by atoms with Gasteiger partial charge >= 0.3 is 0 Å². The SMILES string of the molecule is C[C@@H]1O[C@@H](O[C@H]2[C@@H](O)[C@@H](O)OC[C@H]2O)[C@H](O)[C@H](O)[C@H]1O. The molecule has 2 rings (SSSR count). The maximum atomic E-state index is 9.78. The summed E-state index contributed by atoms with van der Waals surface area (Å²) in [6.45, 7) is 1.22. The molecule has 0 radical (unpaired) electrons. The van der Waals surface area contributed by atoms with Crippen LogP contribution in [-0.2, 0) is 14.2 Å². The maximum Gasteiger partial charge on any atom is 0.187 e. The highest BCUT2D eigenvalue weighted by atomic mass is 16.7. The molecule has 2 aliphatic rings. The highest BCUT2D eigenvalue weighted by molar-refractivity contribution is 4.90. The second-order valence-corrected chi connectivity index (χ2v) is 5.06. The minimum atomic E-state index is -1.56. The van der Waals surface area contributed by atoms with Crippen molar-refractivity contribution in [1.29, 1.82) is 0 Å². The molecule has 118 valence electrons. The van der Waals surface area contributed by atoms with Gasteiger partial charge in [0, 0.05) is 0 Å². The second-order valence-electron chi connectivity index (χ2n) is 5.06. The molecule has 0 aliphatic carbocycles. The van der Waals surface area contributed by atoms with Gasteiger partial charge in [-0.25, -0.2) is 0 Å². The quantitative estimate of drug-likeness (QED) is 0.302. The fourth-order valence-electron chi connectivity index (χ4n) is 2.23. The van der Waals surface area contributed by atoms with Gasteiger partial charge in [-0.05, 0) is 6.92 Å². The highest BCUT2D eigenvalue weighted by Gasteiger charge is 2.47. The topological polar surface area (TPSA) is 149 Å². The molecule has 20 heavy (non-hydrogen) atoms. The van der Waals surface area contributed by atoms with Crippen molar-refractivity contribution in [2.75, 3.05) is 6.61 Å². The van der Waals surface area contributed by atoms with Crippen molar-refractivity contribution in [1.82, 2.24) is 0 Å². The summed E-state index contributed by atoms with van der Waals surface area (Å²) in [5, 5.41) is 57.7. The molecule has 2 aliphatic heterocycles. The van der Waals surface area contributed by atoms with Crippen LogP contribution in [0.5, 0.6) is 0 Å². The molecule has 6 N–H and O–H groups in total. The lowest BCUT2D eigenvalue weighted by Gasteiger charge is -2.43. The van der Waals surface area contributed by atoms with E-state index in [1.165, 1.54) is 6.92 Å². The molecule has 9 heteroatoms. The van der Waals surface area contributed by atoms with Gasteiger partial charge in [0.15, 0.2) is 12.6 Å². The molecular formula is C11H20O9. The summed E-state index contributed by atoms with van der Waals surface area (Å²) in [5.41, 5.74) is 0. The molecule has 2 fully saturated rings. The van der Waals surface area contributed by atoms with Gasteiger partial charge in [-0.15, -0.1) is 0 Å². The lowest BCUT2D eigenvalue weighted by molar-refractivity contribution is -0.341. The fraction of sp³-hybridized carbons (Fsp3) is 1.00. The van der Waals surface area contributed by atoms with Crippen molar-refractivity contribution in [2.45, 2.75) is 62.2 Å². The number of hydrogen-bond acceptors (Lipinski definition) is 9. The van der Waals surface area contributed by atoms with E-state index in [4.69, 9.17) is 14.2 Å². The molecule has 9 nitrogen and oxygen atoms in total. The van der Waals surface area contributed by atoms with Gasteiger partial charge in [0.2, 0.25) is 0 Å². The van der Waals surface area contributed by atoms with E-state index in [9.17, 15) is 30.6 Å². The molecule has 0 amide bonds. The molecule has 0 unspecified atom stereocenters. The molecule has 0 aromatic heterocycles. The van der Waals surface area contributed by atoms with E-state index in [-0.39, 0.29) is 6.61 Å². The van der Waals surface area contributed by atoms with E-state index < -0.39 is 55.3 Å². The zero-order valence-corrected chi connectivity index (χ0v) is 10.8. The predicted octanol–water partition coefficient (Wildman–Crippen LogP) is -3.73. The zero-order chi connectivity index (χ0) is 15.0. The largest absolute Gasteiger partial charge is 0.388 e. The molecule has 0 spiro atoms. The summed E-state index contributed by atoms with van der Waals surface area (Å²) < 4.78 is 15.1. The van der Waals surface area contributed by atoms with Crippen LogP contribution in [0.4, 0.5) is 0 Å². The summed E-state index contributed by atoms with van der Waals surface area (Å²) in [7, 11) is 0. The van der Waals surface area contributed by atoms with Crippen LogP contribution >= 0.6 is 0 Å². The number of aliphatic hydroxyl groups is 6. The predicted molar refractivity (Wildman–Crippen MR) is 61.2 cm³/mol. The number of hydrogen-bond donors (Lipinski definition) is 6. The highest BCUT2D eigenvalue weighted by Crippen LogP contribution is 2.26. The van der Waals surface area contributed by atoms with Crippen molar-refractivity contribution in [2.24, 2.45) is 0 Å². The molecule has 9 atom stereocenters. The Labute approximate surface area is 114 Å². The van der Waals surface area contributed by atoms with Crippen LogP contribution in [0.15, 0.2) is 0 Å². The zero-order valence-electron chi connectivity index (χ0n) is 10.8. The van der Waals surface area contributed by atoms with Crippen LogP contribution in [0.25, 0.3) is 0 Å². The second kappa shape index (κ2) is 6.18. The molecule has 0 aromatic carbocycles. The molecule has 2 heterocycles. The van der Waals surface area contributed by atoms with Crippen molar-refractivity contribution >= 4 is 0 Å². The van der Waals surface area contributed by atoms with E-state index in [0.717, 1.165) is 0 Å². The average Bonchev–Trinajstić information content (AvgIpc) is 2.42. The molecule has 0 bridgehead atoms. The summed E-state index contributed by atoms with van der Waals surface area (Å²) in [5.74, 6) is 0. The number of aliphatic hydroxyl groups excluding tert-OH is 6. The van der Waals surface area contributed by atoms with Crippen LogP contribution in [0.3, 0.4) is 0 Å². The monoisotopic (exact) mass is 296 g/mol. The average molecular weight is 296 g/mol. The van der Waals surface area contributed by atoms with Gasteiger partial charge < -0.3 is 44.8 Å². The van der Waals surface area contributed by atoms with Crippen LogP contribution in [0.1, 0.15) is 6.92 Å². The minimum absolute atomic E-state index is 0.257. The first-order chi connectivity index (χ1) is 9.32. The number of rotatable bonds is 2. The smallest absolute Gasteiger partial charge is 0.187 e. The van der Waals surface area contributed by atoms with Gasteiger partial charge in [0.1, 0.15) is 36.6 Å². The molecular weight excluding hydrogens is 276 g/mol. The van der Waals surface area contributed by atoms with E-state index in [1.807, 2.05) is 0 Å². The van der Waals surface area contributed by atoms with E-state index in [2.05, 4.69) is 0 Å². The fourth-order valence-corrected chi connectivity index (χ4v) is 2.23. The third kappa shape index (κ3) is 2.96. The van der Waals surface area contributed by atoms with Gasteiger partial charge in [-0.1, -0.05) is 0 Å². The van der Waals surface area contributed by atoms with Gasteiger partial charge in [-0.3, -0.25) is 0 Å². The standard InChI is InChI=1S/C11H20O9/c1-3-5(13)6(14)7(15)11(19-3)20-9-4(12)2-18-10(17)8(9)16/h3-17H,2H2,1H3/t3-,4+,5-,6+,7+,8+,9+,10-,11-/m0/s1. The maximum absolute atomic E-state index is 9.78. The van der Waals surface area contributed by atoms with Crippen molar-refractivity contribution in [3.8, 4) is 0 Å². The third-order valence-corrected chi connectivity index (χ3v) is 3.55. The third-order valence-electron chi connectivity index (χ3n) is 3.55. The van der Waals surface area contributed by atoms with Gasteiger partial charge in [0.25, 0.3) is 0 Å². The van der Waals surface area contributed by atoms with Crippen molar-refractivity contribution in [3.63, 3.8) is 0 Å². The normalized spacial score (nSPS) is 53.9. The molecule has 0 aromatic rings. The Morgan fingerprint density at radius 3 is 2.20 bits per heavy atom. The first-order valence-corrected chi connectivity index (χ1v) is 6.34. The summed E-state index contributed by atoms with van der Waals surface area (Å²) in [4.78, 5) is 0. The minimum Gasteiger partial charge on any atom is -0.388 e. The number of ether oxygens (including phenoxy) is 3. The van der Waals surface area contributed by atoms with Gasteiger partial charge in [-0.2, -0.15) is 0 Å². The van der Waals surface area contributed by atoms with Crippen LogP contribution in [0.2, 0.25) is 0 Å². The molecule has 0 saturated carbocycles. The molecule has 2 saturated heterocycles. The van der Waals surface area contributed by atoms with E-state index in [0.29, 0.717) is 0 Å². The Bertz CT molecular complexity index is 327. The lowest BCUT2D eigenvalue weighted by Crippen LogP contribution is -2.61. The van der Waals surface area contributed by atoms with E-state index >= 15 is 0 Å². The van der Waals surface area contributed by atoms with Gasteiger partial charge in [0.05, 0.1) is 12.7 Å². The van der Waals surface area contributed by atoms with Crippen LogP contribution in [-0.4, -0.2) is 92.6 Å². The van der Waals surface area contributed by atoms with Crippen molar-refractivity contribution in [3.05, 3.63) is 0 Å². The van der Waals surface area contributed by atoms with Crippen LogP contribution in [0, 0.1) is 0 Å². The first-order valence-electron chi connectivity index (χ1n) is 6.34. The Morgan fingerprint density at radius 1 is 0.900 bits per heavy atom. The summed E-state index contributed by atoms with van der Waals surface area (Å²) in [6.07, 6.45) is -12.0. The Kier molecular flexibility index (Phi) is 4.95. The Balaban J connectivity index is 2.04. The summed E-state index contributed by atoms with van der Waals surface area (Å²) in [6, 6.07) is 0. The Morgan fingerprint density at radius 2 is 1.55 bits per heavy atom. The van der Waals surface area contributed by atoms with Crippen LogP contribution < -0.4 is 0 Å². The lowest BCUT2D eigenvalue weighted by atomic mass is 9.99.